The van der Waals surface area contributed by atoms with Gasteiger partial charge >= 0.3 is 5.69 Å². The van der Waals surface area contributed by atoms with Crippen LogP contribution in [0.3, 0.4) is 0 Å². The zero-order chi connectivity index (χ0) is 16.1. The molecule has 0 saturated carbocycles. The Morgan fingerprint density at radius 2 is 1.87 bits per heavy atom. The molecule has 2 heterocycles. The highest BCUT2D eigenvalue weighted by Gasteiger charge is 2.28. The summed E-state index contributed by atoms with van der Waals surface area (Å²) in [5.74, 6) is 0.418. The van der Waals surface area contributed by atoms with Gasteiger partial charge in [-0.2, -0.15) is 0 Å². The maximum absolute atomic E-state index is 11.5. The summed E-state index contributed by atoms with van der Waals surface area (Å²) in [5, 5.41) is 11.5. The van der Waals surface area contributed by atoms with E-state index in [2.05, 4.69) is 20.8 Å². The van der Waals surface area contributed by atoms with Crippen LogP contribution in [0.25, 0.3) is 0 Å². The number of hydrogen-bond donors (Lipinski definition) is 2. The average molecular weight is 316 g/mol. The minimum absolute atomic E-state index is 0.121. The van der Waals surface area contributed by atoms with E-state index in [1.807, 2.05) is 35.2 Å². The van der Waals surface area contributed by atoms with Crippen molar-refractivity contribution in [3.05, 3.63) is 46.8 Å². The van der Waals surface area contributed by atoms with Gasteiger partial charge in [0.05, 0.1) is 23.8 Å². The van der Waals surface area contributed by atoms with Crippen LogP contribution >= 0.6 is 0 Å². The SMILES string of the molecule is O=[N+]([O-])c1c(NNc2ccccc2)ncnc1N1CCOCC1. The lowest BCUT2D eigenvalue weighted by Crippen LogP contribution is -2.37. The summed E-state index contributed by atoms with van der Waals surface area (Å²) in [4.78, 5) is 20.9. The predicted octanol–water partition coefficient (Wildman–Crippen LogP) is 1.66. The molecule has 0 bridgehead atoms. The van der Waals surface area contributed by atoms with Crippen LogP contribution in [0.4, 0.5) is 23.0 Å². The van der Waals surface area contributed by atoms with Crippen molar-refractivity contribution in [3.63, 3.8) is 0 Å². The number of nitrogens with zero attached hydrogens (tertiary/aromatic N) is 4. The first kappa shape index (κ1) is 15.0. The quantitative estimate of drug-likeness (QED) is 0.634. The number of nitro groups is 1. The number of para-hydroxylation sites is 1. The zero-order valence-corrected chi connectivity index (χ0v) is 12.3. The molecule has 2 N–H and O–H groups in total. The number of anilines is 3. The third-order valence-electron chi connectivity index (χ3n) is 3.40. The standard InChI is InChI=1S/C14H16N6O3/c21-20(22)12-13(18-17-11-4-2-1-3-5-11)15-10-16-14(12)19-6-8-23-9-7-19/h1-5,10,17H,6-9H2,(H,15,16,18). The number of ether oxygens (including phenoxy) is 1. The minimum Gasteiger partial charge on any atom is -0.378 e. The summed E-state index contributed by atoms with van der Waals surface area (Å²) >= 11 is 0. The molecule has 9 nitrogen and oxygen atoms in total. The molecule has 1 saturated heterocycles. The Morgan fingerprint density at radius 1 is 1.13 bits per heavy atom. The lowest BCUT2D eigenvalue weighted by molar-refractivity contribution is -0.383. The molecule has 1 aliphatic rings. The fourth-order valence-electron chi connectivity index (χ4n) is 2.29. The van der Waals surface area contributed by atoms with Crippen LogP contribution in [0, 0.1) is 10.1 Å². The van der Waals surface area contributed by atoms with Crippen LogP contribution in [-0.2, 0) is 4.74 Å². The molecule has 0 unspecified atom stereocenters. The van der Waals surface area contributed by atoms with Crippen molar-refractivity contribution in [1.29, 1.82) is 0 Å². The predicted molar refractivity (Wildman–Crippen MR) is 85.4 cm³/mol. The number of aromatic nitrogens is 2. The number of hydrazine groups is 1. The van der Waals surface area contributed by atoms with Gasteiger partial charge in [-0.15, -0.1) is 0 Å². The summed E-state index contributed by atoms with van der Waals surface area (Å²) < 4.78 is 5.27. The highest BCUT2D eigenvalue weighted by molar-refractivity contribution is 5.71. The first-order chi connectivity index (χ1) is 11.3. The molecule has 1 aliphatic heterocycles. The van der Waals surface area contributed by atoms with Gasteiger partial charge < -0.3 is 9.64 Å². The molecule has 23 heavy (non-hydrogen) atoms. The summed E-state index contributed by atoms with van der Waals surface area (Å²) in [6.45, 7) is 2.16. The van der Waals surface area contributed by atoms with Crippen molar-refractivity contribution in [3.8, 4) is 0 Å². The topological polar surface area (TPSA) is 105 Å². The van der Waals surface area contributed by atoms with Crippen molar-refractivity contribution in [1.82, 2.24) is 9.97 Å². The Hall–Kier alpha value is -2.94. The summed E-state index contributed by atoms with van der Waals surface area (Å²) in [7, 11) is 0. The number of rotatable bonds is 5. The van der Waals surface area contributed by atoms with E-state index in [-0.39, 0.29) is 11.5 Å². The molecule has 1 aromatic carbocycles. The average Bonchev–Trinajstić information content (AvgIpc) is 2.61. The summed E-state index contributed by atoms with van der Waals surface area (Å²) in [6, 6.07) is 9.27. The zero-order valence-electron chi connectivity index (χ0n) is 12.3. The normalized spacial score (nSPS) is 14.3. The van der Waals surface area contributed by atoms with Crippen LogP contribution in [0.2, 0.25) is 0 Å². The van der Waals surface area contributed by atoms with E-state index >= 15 is 0 Å². The van der Waals surface area contributed by atoms with E-state index in [0.717, 1.165) is 5.69 Å². The molecule has 1 fully saturated rings. The van der Waals surface area contributed by atoms with E-state index in [9.17, 15) is 10.1 Å². The van der Waals surface area contributed by atoms with Gasteiger partial charge in [-0.3, -0.25) is 21.0 Å². The molecule has 2 aromatic rings. The Labute approximate surface area is 132 Å². The van der Waals surface area contributed by atoms with Crippen molar-refractivity contribution in [2.75, 3.05) is 42.1 Å². The molecule has 0 amide bonds. The number of morpholine rings is 1. The van der Waals surface area contributed by atoms with Crippen LogP contribution in [0.1, 0.15) is 0 Å². The highest BCUT2D eigenvalue weighted by atomic mass is 16.6. The third kappa shape index (κ3) is 3.46. The molecule has 0 atom stereocenters. The molecule has 120 valence electrons. The lowest BCUT2D eigenvalue weighted by Gasteiger charge is -2.27. The molecule has 1 aromatic heterocycles. The minimum atomic E-state index is -0.472. The second-order valence-corrected chi connectivity index (χ2v) is 4.87. The lowest BCUT2D eigenvalue weighted by atomic mass is 10.3. The highest BCUT2D eigenvalue weighted by Crippen LogP contribution is 2.32. The molecule has 0 radical (unpaired) electrons. The molecular weight excluding hydrogens is 300 g/mol. The van der Waals surface area contributed by atoms with Crippen LogP contribution in [0.15, 0.2) is 36.7 Å². The first-order valence-electron chi connectivity index (χ1n) is 7.15. The monoisotopic (exact) mass is 316 g/mol. The maximum Gasteiger partial charge on any atom is 0.355 e. The van der Waals surface area contributed by atoms with E-state index in [0.29, 0.717) is 32.1 Å². The fourth-order valence-corrected chi connectivity index (χ4v) is 2.29. The summed E-state index contributed by atoms with van der Waals surface area (Å²) in [5.41, 5.74) is 6.30. The smallest absolute Gasteiger partial charge is 0.355 e. The number of benzene rings is 1. The van der Waals surface area contributed by atoms with Crippen LogP contribution < -0.4 is 15.8 Å². The fraction of sp³-hybridized carbons (Fsp3) is 0.286. The van der Waals surface area contributed by atoms with E-state index < -0.39 is 4.92 Å². The Balaban J connectivity index is 1.85. The van der Waals surface area contributed by atoms with Crippen LogP contribution in [0.5, 0.6) is 0 Å². The first-order valence-corrected chi connectivity index (χ1v) is 7.15. The van der Waals surface area contributed by atoms with Gasteiger partial charge in [0, 0.05) is 13.1 Å². The largest absolute Gasteiger partial charge is 0.378 e. The van der Waals surface area contributed by atoms with Crippen molar-refractivity contribution < 1.29 is 9.66 Å². The van der Waals surface area contributed by atoms with E-state index in [1.165, 1.54) is 6.33 Å². The second kappa shape index (κ2) is 6.88. The molecule has 0 aliphatic carbocycles. The van der Waals surface area contributed by atoms with Gasteiger partial charge in [0.25, 0.3) is 0 Å². The number of hydrogen-bond acceptors (Lipinski definition) is 8. The third-order valence-corrected chi connectivity index (χ3v) is 3.40. The van der Waals surface area contributed by atoms with Crippen molar-refractivity contribution in [2.45, 2.75) is 0 Å². The maximum atomic E-state index is 11.5. The molecule has 0 spiro atoms. The Bertz CT molecular complexity index is 675. The van der Waals surface area contributed by atoms with Gasteiger partial charge in [0.1, 0.15) is 6.33 Å². The van der Waals surface area contributed by atoms with E-state index in [1.54, 1.807) is 0 Å². The van der Waals surface area contributed by atoms with Gasteiger partial charge in [0.15, 0.2) is 0 Å². The number of nitrogens with one attached hydrogen (secondary N) is 2. The van der Waals surface area contributed by atoms with Gasteiger partial charge in [0.2, 0.25) is 11.6 Å². The second-order valence-electron chi connectivity index (χ2n) is 4.87. The van der Waals surface area contributed by atoms with E-state index in [4.69, 9.17) is 4.74 Å². The van der Waals surface area contributed by atoms with Crippen molar-refractivity contribution in [2.24, 2.45) is 0 Å². The van der Waals surface area contributed by atoms with Gasteiger partial charge in [-0.05, 0) is 12.1 Å². The van der Waals surface area contributed by atoms with Crippen LogP contribution in [-0.4, -0.2) is 41.2 Å². The Kier molecular flexibility index (Phi) is 4.48. The summed E-state index contributed by atoms with van der Waals surface area (Å²) in [6.07, 6.45) is 1.31. The van der Waals surface area contributed by atoms with Crippen molar-refractivity contribution >= 4 is 23.0 Å². The van der Waals surface area contributed by atoms with Gasteiger partial charge in [-0.1, -0.05) is 18.2 Å². The molecule has 9 heteroatoms. The Morgan fingerprint density at radius 3 is 2.57 bits per heavy atom. The molecule has 3 rings (SSSR count). The molecular formula is C14H16N6O3. The van der Waals surface area contributed by atoms with Gasteiger partial charge in [-0.25, -0.2) is 9.97 Å².